The number of aromatic hydroxyl groups is 1. The Morgan fingerprint density at radius 2 is 1.96 bits per heavy atom. The number of carboxylic acid groups (broad SMARTS) is 1. The van der Waals surface area contributed by atoms with Crippen LogP contribution in [-0.4, -0.2) is 49.7 Å². The smallest absolute Gasteiger partial charge is 0.329 e. The summed E-state index contributed by atoms with van der Waals surface area (Å²) in [6, 6.07) is 5.14. The molecular formula is C15H16N2O5S. The highest BCUT2D eigenvalue weighted by molar-refractivity contribution is 8.13. The second kappa shape index (κ2) is 7.28. The Hall–Kier alpha value is -2.35. The van der Waals surface area contributed by atoms with E-state index in [9.17, 15) is 24.6 Å². The van der Waals surface area contributed by atoms with Crippen molar-refractivity contribution < 1.29 is 24.6 Å². The van der Waals surface area contributed by atoms with Gasteiger partial charge in [-0.05, 0) is 29.8 Å². The van der Waals surface area contributed by atoms with Gasteiger partial charge in [-0.25, -0.2) is 9.80 Å². The van der Waals surface area contributed by atoms with Gasteiger partial charge in [-0.1, -0.05) is 11.8 Å². The Bertz CT molecular complexity index is 656. The number of carbonyl (C=O) groups excluding carboxylic acids is 2. The monoisotopic (exact) mass is 336 g/mol. The minimum atomic E-state index is -1.13. The van der Waals surface area contributed by atoms with Crippen molar-refractivity contribution in [3.8, 4) is 5.75 Å². The van der Waals surface area contributed by atoms with Crippen LogP contribution in [0.4, 0.5) is 0 Å². The van der Waals surface area contributed by atoms with Gasteiger partial charge in [0.15, 0.2) is 11.2 Å². The molecule has 0 radical (unpaired) electrons. The van der Waals surface area contributed by atoms with E-state index < -0.39 is 17.9 Å². The highest BCUT2D eigenvalue weighted by Gasteiger charge is 2.36. The summed E-state index contributed by atoms with van der Waals surface area (Å²) in [5.41, 5.74) is 1.13. The van der Waals surface area contributed by atoms with Crippen LogP contribution in [0.15, 0.2) is 29.4 Å². The Balaban J connectivity index is 2.14. The highest BCUT2D eigenvalue weighted by Crippen LogP contribution is 2.23. The largest absolute Gasteiger partial charge is 0.508 e. The van der Waals surface area contributed by atoms with Crippen molar-refractivity contribution in [1.82, 2.24) is 5.01 Å². The molecular weight excluding hydrogens is 320 g/mol. The molecule has 0 fully saturated rings. The van der Waals surface area contributed by atoms with E-state index in [-0.39, 0.29) is 23.7 Å². The average molecular weight is 336 g/mol. The highest BCUT2D eigenvalue weighted by atomic mass is 32.2. The van der Waals surface area contributed by atoms with Crippen LogP contribution >= 0.6 is 11.8 Å². The molecule has 1 amide bonds. The second-order valence-electron chi connectivity index (χ2n) is 4.98. The Kier molecular flexibility index (Phi) is 5.38. The number of carboxylic acids is 1. The number of phenols is 1. The number of hydrogen-bond donors (Lipinski definition) is 2. The van der Waals surface area contributed by atoms with Gasteiger partial charge >= 0.3 is 5.97 Å². The Morgan fingerprint density at radius 3 is 2.52 bits per heavy atom. The fourth-order valence-electron chi connectivity index (χ4n) is 2.16. The van der Waals surface area contributed by atoms with E-state index in [1.54, 1.807) is 12.1 Å². The molecule has 2 N–H and O–H groups in total. The molecule has 0 saturated heterocycles. The van der Waals surface area contributed by atoms with Gasteiger partial charge in [-0.2, -0.15) is 5.10 Å². The number of hydrazone groups is 1. The van der Waals surface area contributed by atoms with Gasteiger partial charge in [-0.3, -0.25) is 9.59 Å². The topological polar surface area (TPSA) is 107 Å². The number of rotatable bonds is 5. The van der Waals surface area contributed by atoms with Crippen molar-refractivity contribution in [2.45, 2.75) is 25.8 Å². The molecule has 1 heterocycles. The van der Waals surface area contributed by atoms with E-state index in [1.807, 2.05) is 0 Å². The lowest BCUT2D eigenvalue weighted by atomic mass is 10.0. The zero-order valence-electron chi connectivity index (χ0n) is 12.4. The minimum Gasteiger partial charge on any atom is -0.508 e. The lowest BCUT2D eigenvalue weighted by molar-refractivity contribution is -0.148. The van der Waals surface area contributed by atoms with Crippen molar-refractivity contribution in [2.24, 2.45) is 5.10 Å². The van der Waals surface area contributed by atoms with E-state index in [4.69, 9.17) is 0 Å². The summed E-state index contributed by atoms with van der Waals surface area (Å²) in [7, 11) is 0. The molecule has 1 unspecified atom stereocenters. The molecule has 0 spiro atoms. The van der Waals surface area contributed by atoms with E-state index in [2.05, 4.69) is 5.10 Å². The maximum atomic E-state index is 12.2. The number of amides is 1. The van der Waals surface area contributed by atoms with Crippen LogP contribution in [0.1, 0.15) is 25.3 Å². The molecule has 1 aliphatic rings. The van der Waals surface area contributed by atoms with Gasteiger partial charge in [0.25, 0.3) is 0 Å². The number of benzene rings is 1. The summed E-state index contributed by atoms with van der Waals surface area (Å²) in [4.78, 5) is 34.4. The molecule has 0 aliphatic carbocycles. The first-order valence-corrected chi connectivity index (χ1v) is 7.92. The van der Waals surface area contributed by atoms with Crippen molar-refractivity contribution in [3.05, 3.63) is 29.8 Å². The third-order valence-corrected chi connectivity index (χ3v) is 4.09. The second-order valence-corrected chi connectivity index (χ2v) is 6.25. The molecule has 7 nitrogen and oxygen atoms in total. The maximum absolute atomic E-state index is 12.2. The quantitative estimate of drug-likeness (QED) is 0.843. The van der Waals surface area contributed by atoms with Crippen molar-refractivity contribution in [3.63, 3.8) is 0 Å². The zero-order valence-corrected chi connectivity index (χ0v) is 13.2. The first kappa shape index (κ1) is 17.0. The number of carbonyl (C=O) groups is 3. The standard InChI is InChI=1S/C15H16N2O5S/c1-9(18)23-7-6-14(20)17-13(15(21)22)8-12(16-17)10-2-4-11(19)5-3-10/h2-5,13,19H,6-8H2,1H3,(H,21,22). The predicted octanol–water partition coefficient (Wildman–Crippen LogP) is 1.45. The summed E-state index contributed by atoms with van der Waals surface area (Å²) < 4.78 is 0. The summed E-state index contributed by atoms with van der Waals surface area (Å²) >= 11 is 1.02. The molecule has 8 heteroatoms. The van der Waals surface area contributed by atoms with Crippen LogP contribution in [-0.2, 0) is 14.4 Å². The average Bonchev–Trinajstić information content (AvgIpc) is 2.93. The number of phenolic OH excluding ortho intramolecular Hbond substituents is 1. The third-order valence-electron chi connectivity index (χ3n) is 3.27. The van der Waals surface area contributed by atoms with Gasteiger partial charge in [0.05, 0.1) is 5.71 Å². The van der Waals surface area contributed by atoms with Crippen molar-refractivity contribution in [2.75, 3.05) is 5.75 Å². The van der Waals surface area contributed by atoms with Crippen LogP contribution < -0.4 is 0 Å². The molecule has 0 aromatic heterocycles. The lowest BCUT2D eigenvalue weighted by Gasteiger charge is -2.17. The molecule has 122 valence electrons. The number of hydrogen-bond acceptors (Lipinski definition) is 6. The number of nitrogens with zero attached hydrogens (tertiary/aromatic N) is 2. The van der Waals surface area contributed by atoms with E-state index >= 15 is 0 Å². The summed E-state index contributed by atoms with van der Waals surface area (Å²) in [6.07, 6.45) is 0.145. The molecule has 0 bridgehead atoms. The SMILES string of the molecule is CC(=O)SCCC(=O)N1N=C(c2ccc(O)cc2)CC1C(=O)O. The fraction of sp³-hybridized carbons (Fsp3) is 0.333. The van der Waals surface area contributed by atoms with Gasteiger partial charge in [-0.15, -0.1) is 0 Å². The molecule has 0 saturated carbocycles. The molecule has 1 aromatic carbocycles. The van der Waals surface area contributed by atoms with Gasteiger partial charge in [0.1, 0.15) is 5.75 Å². The van der Waals surface area contributed by atoms with Gasteiger partial charge < -0.3 is 10.2 Å². The van der Waals surface area contributed by atoms with Gasteiger partial charge in [0, 0.05) is 25.5 Å². The first-order valence-electron chi connectivity index (χ1n) is 6.93. The van der Waals surface area contributed by atoms with E-state index in [1.165, 1.54) is 19.1 Å². The molecule has 1 aromatic rings. The van der Waals surface area contributed by atoms with Crippen molar-refractivity contribution >= 4 is 34.5 Å². The van der Waals surface area contributed by atoms with E-state index in [0.717, 1.165) is 16.8 Å². The number of aliphatic carboxylic acids is 1. The normalized spacial score (nSPS) is 17.0. The predicted molar refractivity (Wildman–Crippen MR) is 85.3 cm³/mol. The van der Waals surface area contributed by atoms with Crippen LogP contribution in [0.5, 0.6) is 5.75 Å². The lowest BCUT2D eigenvalue weighted by Crippen LogP contribution is -2.38. The maximum Gasteiger partial charge on any atom is 0.329 e. The molecule has 1 aliphatic heterocycles. The first-order chi connectivity index (χ1) is 10.9. The van der Waals surface area contributed by atoms with Gasteiger partial charge in [0.2, 0.25) is 5.91 Å². The van der Waals surface area contributed by atoms with Crippen LogP contribution in [0.2, 0.25) is 0 Å². The summed E-state index contributed by atoms with van der Waals surface area (Å²) in [5, 5.41) is 23.6. The van der Waals surface area contributed by atoms with Crippen LogP contribution in [0.25, 0.3) is 0 Å². The third kappa shape index (κ3) is 4.32. The summed E-state index contributed by atoms with van der Waals surface area (Å²) in [6.45, 7) is 1.41. The molecule has 2 rings (SSSR count). The van der Waals surface area contributed by atoms with E-state index in [0.29, 0.717) is 17.0 Å². The van der Waals surface area contributed by atoms with Crippen molar-refractivity contribution in [1.29, 1.82) is 0 Å². The number of thioether (sulfide) groups is 1. The fourth-order valence-corrected chi connectivity index (χ4v) is 2.72. The minimum absolute atomic E-state index is 0.0420. The molecule has 1 atom stereocenters. The Labute approximate surface area is 137 Å². The Morgan fingerprint density at radius 1 is 1.30 bits per heavy atom. The van der Waals surface area contributed by atoms with Crippen LogP contribution in [0, 0.1) is 0 Å². The summed E-state index contributed by atoms with van der Waals surface area (Å²) in [5.74, 6) is -1.17. The van der Waals surface area contributed by atoms with Crippen LogP contribution in [0.3, 0.4) is 0 Å². The zero-order chi connectivity index (χ0) is 17.0. The molecule has 23 heavy (non-hydrogen) atoms.